The lowest BCUT2D eigenvalue weighted by Gasteiger charge is -2.16. The van der Waals surface area contributed by atoms with E-state index in [1.807, 2.05) is 0 Å². The normalized spacial score (nSPS) is 11.6. The van der Waals surface area contributed by atoms with Gasteiger partial charge < -0.3 is 4.74 Å². The van der Waals surface area contributed by atoms with E-state index in [0.29, 0.717) is 11.8 Å². The molecule has 0 atom stereocenters. The van der Waals surface area contributed by atoms with Gasteiger partial charge in [0, 0.05) is 0 Å². The fraction of sp³-hybridized carbons (Fsp3) is 0.625. The molecule has 0 amide bonds. The molecule has 0 spiro atoms. The molecule has 96 valence electrons. The summed E-state index contributed by atoms with van der Waals surface area (Å²) < 4.78 is 5.83. The van der Waals surface area contributed by atoms with E-state index in [9.17, 15) is 0 Å². The van der Waals surface area contributed by atoms with Crippen LogP contribution >= 0.6 is 0 Å². The van der Waals surface area contributed by atoms with Gasteiger partial charge in [-0.15, -0.1) is 0 Å². The Morgan fingerprint density at radius 2 is 1.59 bits per heavy atom. The molecular weight excluding hydrogens is 208 g/mol. The van der Waals surface area contributed by atoms with Crippen LogP contribution in [0.1, 0.15) is 58.6 Å². The molecule has 1 aromatic carbocycles. The Morgan fingerprint density at radius 3 is 2.06 bits per heavy atom. The van der Waals surface area contributed by atoms with Gasteiger partial charge in [-0.25, -0.2) is 0 Å². The maximum atomic E-state index is 5.83. The summed E-state index contributed by atoms with van der Waals surface area (Å²) in [4.78, 5) is 0. The van der Waals surface area contributed by atoms with Crippen LogP contribution in [0.5, 0.6) is 5.75 Å². The lowest BCUT2D eigenvalue weighted by molar-refractivity contribution is 0.242. The molecule has 0 aliphatic carbocycles. The van der Waals surface area contributed by atoms with Gasteiger partial charge in [0.25, 0.3) is 0 Å². The van der Waals surface area contributed by atoms with Crippen LogP contribution in [0.15, 0.2) is 18.2 Å². The molecule has 0 aliphatic rings. The highest BCUT2D eigenvalue weighted by atomic mass is 16.5. The molecule has 1 heteroatoms. The van der Waals surface area contributed by atoms with Gasteiger partial charge in [0.05, 0.1) is 6.10 Å². The maximum absolute atomic E-state index is 5.83. The zero-order valence-electron chi connectivity index (χ0n) is 12.1. The number of benzene rings is 1. The van der Waals surface area contributed by atoms with E-state index in [-0.39, 0.29) is 6.10 Å². The molecule has 1 aromatic rings. The zero-order valence-corrected chi connectivity index (χ0v) is 12.1. The van der Waals surface area contributed by atoms with Gasteiger partial charge in [0.15, 0.2) is 0 Å². The molecule has 0 radical (unpaired) electrons. The predicted octanol–water partition coefficient (Wildman–Crippen LogP) is 4.80. The van der Waals surface area contributed by atoms with Crippen molar-refractivity contribution in [3.05, 3.63) is 29.3 Å². The number of ether oxygens (including phenoxy) is 1. The van der Waals surface area contributed by atoms with Crippen LogP contribution in [-0.2, 0) is 6.42 Å². The first-order valence-corrected chi connectivity index (χ1v) is 6.69. The summed E-state index contributed by atoms with van der Waals surface area (Å²) in [6.07, 6.45) is 1.36. The molecule has 0 heterocycles. The monoisotopic (exact) mass is 234 g/mol. The Hall–Kier alpha value is -0.980. The van der Waals surface area contributed by atoms with Crippen LogP contribution in [0.4, 0.5) is 0 Å². The highest BCUT2D eigenvalue weighted by Crippen LogP contribution is 2.25. The molecular formula is C16H26O. The predicted molar refractivity (Wildman–Crippen MR) is 74.8 cm³/mol. The van der Waals surface area contributed by atoms with E-state index >= 15 is 0 Å². The Kier molecular flexibility index (Phi) is 5.04. The highest BCUT2D eigenvalue weighted by Gasteiger charge is 2.07. The summed E-state index contributed by atoms with van der Waals surface area (Å²) in [6.45, 7) is 13.1. The average Bonchev–Trinajstić information content (AvgIpc) is 2.14. The third-order valence-corrected chi connectivity index (χ3v) is 2.67. The van der Waals surface area contributed by atoms with Crippen molar-refractivity contribution in [2.24, 2.45) is 5.92 Å². The fourth-order valence-corrected chi connectivity index (χ4v) is 1.95. The Morgan fingerprint density at radius 1 is 0.941 bits per heavy atom. The van der Waals surface area contributed by atoms with Crippen LogP contribution in [0.2, 0.25) is 0 Å². The van der Waals surface area contributed by atoms with Crippen LogP contribution in [0.25, 0.3) is 0 Å². The molecule has 0 unspecified atom stereocenters. The van der Waals surface area contributed by atoms with Crippen molar-refractivity contribution in [1.29, 1.82) is 0 Å². The van der Waals surface area contributed by atoms with Crippen molar-refractivity contribution in [2.45, 2.75) is 60.0 Å². The van der Waals surface area contributed by atoms with Gasteiger partial charge >= 0.3 is 0 Å². The van der Waals surface area contributed by atoms with Crippen molar-refractivity contribution in [3.63, 3.8) is 0 Å². The minimum Gasteiger partial charge on any atom is -0.491 e. The Labute approximate surface area is 106 Å². The molecule has 0 N–H and O–H groups in total. The van der Waals surface area contributed by atoms with Crippen molar-refractivity contribution >= 4 is 0 Å². The van der Waals surface area contributed by atoms with Crippen LogP contribution < -0.4 is 4.74 Å². The topological polar surface area (TPSA) is 9.23 Å². The average molecular weight is 234 g/mol. The molecule has 1 rings (SSSR count). The Balaban J connectivity index is 3.00. The molecule has 0 aromatic heterocycles. The fourth-order valence-electron chi connectivity index (χ4n) is 1.95. The zero-order chi connectivity index (χ0) is 13.0. The molecule has 0 saturated carbocycles. The highest BCUT2D eigenvalue weighted by molar-refractivity contribution is 5.36. The number of hydrogen-bond donors (Lipinski definition) is 0. The third kappa shape index (κ3) is 4.80. The third-order valence-electron chi connectivity index (χ3n) is 2.67. The van der Waals surface area contributed by atoms with E-state index in [0.717, 1.165) is 12.2 Å². The van der Waals surface area contributed by atoms with Crippen LogP contribution in [0, 0.1) is 5.92 Å². The summed E-state index contributed by atoms with van der Waals surface area (Å²) >= 11 is 0. The SMILES string of the molecule is CC(C)Cc1cc(OC(C)C)cc(C(C)C)c1. The second kappa shape index (κ2) is 6.09. The minimum atomic E-state index is 0.240. The second-order valence-electron chi connectivity index (χ2n) is 5.83. The molecule has 0 aliphatic heterocycles. The molecule has 17 heavy (non-hydrogen) atoms. The van der Waals surface area contributed by atoms with E-state index in [1.54, 1.807) is 0 Å². The van der Waals surface area contributed by atoms with Crippen molar-refractivity contribution < 1.29 is 4.74 Å². The van der Waals surface area contributed by atoms with Gasteiger partial charge in [-0.2, -0.15) is 0 Å². The maximum Gasteiger partial charge on any atom is 0.120 e. The number of hydrogen-bond acceptors (Lipinski definition) is 1. The summed E-state index contributed by atoms with van der Waals surface area (Å²) in [6, 6.07) is 6.68. The first-order chi connectivity index (χ1) is 7.88. The van der Waals surface area contributed by atoms with E-state index in [1.165, 1.54) is 11.1 Å². The van der Waals surface area contributed by atoms with Crippen LogP contribution in [-0.4, -0.2) is 6.10 Å². The van der Waals surface area contributed by atoms with Crippen molar-refractivity contribution in [1.82, 2.24) is 0 Å². The number of rotatable bonds is 5. The summed E-state index contributed by atoms with van der Waals surface area (Å²) in [5.41, 5.74) is 2.76. The van der Waals surface area contributed by atoms with Gasteiger partial charge in [-0.3, -0.25) is 0 Å². The quantitative estimate of drug-likeness (QED) is 0.711. The molecule has 0 fully saturated rings. The second-order valence-corrected chi connectivity index (χ2v) is 5.83. The van der Waals surface area contributed by atoms with Crippen molar-refractivity contribution in [2.75, 3.05) is 0 Å². The molecule has 0 saturated heterocycles. The minimum absolute atomic E-state index is 0.240. The molecule has 1 nitrogen and oxygen atoms in total. The van der Waals surface area contributed by atoms with Gasteiger partial charge in [0.2, 0.25) is 0 Å². The van der Waals surface area contributed by atoms with Crippen molar-refractivity contribution in [3.8, 4) is 5.75 Å². The first kappa shape index (κ1) is 14.1. The van der Waals surface area contributed by atoms with Crippen LogP contribution in [0.3, 0.4) is 0 Å². The first-order valence-electron chi connectivity index (χ1n) is 6.69. The lowest BCUT2D eigenvalue weighted by Crippen LogP contribution is -2.07. The standard InChI is InChI=1S/C16H26O/c1-11(2)7-14-8-15(12(3)4)10-16(9-14)17-13(5)6/h8-13H,7H2,1-6H3. The summed E-state index contributed by atoms with van der Waals surface area (Å²) in [5, 5.41) is 0. The van der Waals surface area contributed by atoms with E-state index < -0.39 is 0 Å². The van der Waals surface area contributed by atoms with Gasteiger partial charge in [0.1, 0.15) is 5.75 Å². The lowest BCUT2D eigenvalue weighted by atomic mass is 9.96. The summed E-state index contributed by atoms with van der Waals surface area (Å²) in [5.74, 6) is 2.25. The molecule has 0 bridgehead atoms. The smallest absolute Gasteiger partial charge is 0.120 e. The van der Waals surface area contributed by atoms with E-state index in [4.69, 9.17) is 4.74 Å². The van der Waals surface area contributed by atoms with Gasteiger partial charge in [-0.05, 0) is 55.4 Å². The van der Waals surface area contributed by atoms with E-state index in [2.05, 4.69) is 59.7 Å². The van der Waals surface area contributed by atoms with Gasteiger partial charge in [-0.1, -0.05) is 33.8 Å². The largest absolute Gasteiger partial charge is 0.491 e. The summed E-state index contributed by atoms with van der Waals surface area (Å²) in [7, 11) is 0. The Bertz CT molecular complexity index is 322.